The van der Waals surface area contributed by atoms with Gasteiger partial charge in [-0.2, -0.15) is 13.2 Å². The maximum absolute atomic E-state index is 13.2. The smallest absolute Gasteiger partial charge is 0.383 e. The zero-order valence-corrected chi connectivity index (χ0v) is 20.9. The number of carbonyl (C=O) groups excluding carboxylic acids is 3. The highest BCUT2D eigenvalue weighted by molar-refractivity contribution is 6.39. The third-order valence-electron chi connectivity index (χ3n) is 6.27. The summed E-state index contributed by atoms with van der Waals surface area (Å²) in [6.45, 7) is 3.17. The number of anilines is 2. The van der Waals surface area contributed by atoms with Gasteiger partial charge in [-0.3, -0.25) is 14.4 Å². The molecule has 8 nitrogen and oxygen atoms in total. The summed E-state index contributed by atoms with van der Waals surface area (Å²) in [6, 6.07) is 7.05. The number of rotatable bonds is 2. The van der Waals surface area contributed by atoms with Crippen molar-refractivity contribution in [1.82, 2.24) is 14.8 Å². The van der Waals surface area contributed by atoms with Crippen molar-refractivity contribution in [1.29, 1.82) is 0 Å². The molecule has 37 heavy (non-hydrogen) atoms. The molecule has 2 fully saturated rings. The highest BCUT2D eigenvalue weighted by atomic mass is 35.5. The van der Waals surface area contributed by atoms with Crippen LogP contribution >= 0.6 is 11.6 Å². The second kappa shape index (κ2) is 10.9. The minimum absolute atomic E-state index is 0.0186. The van der Waals surface area contributed by atoms with Crippen LogP contribution in [0.5, 0.6) is 0 Å². The van der Waals surface area contributed by atoms with Gasteiger partial charge in [0.1, 0.15) is 17.1 Å². The van der Waals surface area contributed by atoms with E-state index in [4.69, 9.17) is 17.3 Å². The zero-order valence-electron chi connectivity index (χ0n) is 20.1. The Morgan fingerprint density at radius 2 is 1.84 bits per heavy atom. The van der Waals surface area contributed by atoms with Crippen molar-refractivity contribution < 1.29 is 31.9 Å². The van der Waals surface area contributed by atoms with Crippen molar-refractivity contribution in [2.75, 3.05) is 30.7 Å². The molecule has 2 aliphatic rings. The Morgan fingerprint density at radius 1 is 1.19 bits per heavy atom. The van der Waals surface area contributed by atoms with Crippen LogP contribution in [0.3, 0.4) is 0 Å². The number of hydrogen-bond donors (Lipinski definition) is 2. The van der Waals surface area contributed by atoms with Gasteiger partial charge < -0.3 is 20.9 Å². The van der Waals surface area contributed by atoms with Crippen LogP contribution < -0.4 is 11.1 Å². The number of alkyl halides is 3. The van der Waals surface area contributed by atoms with Crippen LogP contribution in [0.2, 0.25) is 5.02 Å². The lowest BCUT2D eigenvalue weighted by Gasteiger charge is -2.41. The second-order valence-corrected chi connectivity index (χ2v) is 9.38. The summed E-state index contributed by atoms with van der Waals surface area (Å²) < 4.78 is 51.9. The van der Waals surface area contributed by atoms with Crippen LogP contribution in [0.4, 0.5) is 29.1 Å². The summed E-state index contributed by atoms with van der Waals surface area (Å²) >= 11 is 5.33. The molecule has 1 saturated carbocycles. The molecule has 13 heteroatoms. The number of nitrogens with two attached hydrogens (primary N) is 1. The van der Waals surface area contributed by atoms with Gasteiger partial charge >= 0.3 is 18.0 Å². The van der Waals surface area contributed by atoms with Gasteiger partial charge in [0.2, 0.25) is 5.91 Å². The van der Waals surface area contributed by atoms with E-state index in [2.05, 4.69) is 10.3 Å². The van der Waals surface area contributed by atoms with Gasteiger partial charge in [-0.1, -0.05) is 23.7 Å². The van der Waals surface area contributed by atoms with Gasteiger partial charge in [-0.05, 0) is 50.5 Å². The monoisotopic (exact) mass is 543 g/mol. The van der Waals surface area contributed by atoms with Gasteiger partial charge in [-0.25, -0.2) is 9.37 Å². The van der Waals surface area contributed by atoms with E-state index in [9.17, 15) is 31.9 Å². The van der Waals surface area contributed by atoms with E-state index >= 15 is 0 Å². The van der Waals surface area contributed by atoms with E-state index in [1.165, 1.54) is 23.2 Å². The number of pyridine rings is 1. The van der Waals surface area contributed by atoms with Gasteiger partial charge in [0.05, 0.1) is 16.9 Å². The molecule has 200 valence electrons. The van der Waals surface area contributed by atoms with Gasteiger partial charge in [0, 0.05) is 25.7 Å². The first-order valence-corrected chi connectivity index (χ1v) is 11.7. The van der Waals surface area contributed by atoms with E-state index < -0.39 is 35.4 Å². The summed E-state index contributed by atoms with van der Waals surface area (Å²) in [7, 11) is 0. The summed E-state index contributed by atoms with van der Waals surface area (Å²) in [5, 5.41) is 2.61. The maximum atomic E-state index is 13.2. The molecule has 4 rings (SSSR count). The molecule has 1 aromatic heterocycles. The van der Waals surface area contributed by atoms with Crippen LogP contribution in [0.15, 0.2) is 36.5 Å². The lowest BCUT2D eigenvalue weighted by atomic mass is 10.0. The Balaban J connectivity index is 0.000000405. The molecule has 1 unspecified atom stereocenters. The molecular weight excluding hydrogens is 518 g/mol. The quantitative estimate of drug-likeness (QED) is 0.442. The normalized spacial score (nSPS) is 18.4. The Bertz CT molecular complexity index is 1170. The number of aryl methyl sites for hydroxylation is 1. The van der Waals surface area contributed by atoms with Crippen molar-refractivity contribution in [3.8, 4) is 0 Å². The van der Waals surface area contributed by atoms with Gasteiger partial charge in [0.25, 0.3) is 0 Å². The predicted molar refractivity (Wildman–Crippen MR) is 129 cm³/mol. The number of nitrogens with one attached hydrogen (secondary N) is 1. The van der Waals surface area contributed by atoms with Crippen LogP contribution in [0.25, 0.3) is 0 Å². The number of hydrogen-bond acceptors (Lipinski definition) is 5. The lowest BCUT2D eigenvalue weighted by Crippen LogP contribution is -2.59. The minimum Gasteiger partial charge on any atom is -0.383 e. The molecule has 1 atom stereocenters. The van der Waals surface area contributed by atoms with E-state index in [-0.39, 0.29) is 43.3 Å². The highest BCUT2D eigenvalue weighted by Gasteiger charge is 2.69. The standard InChI is InChI=1S/C18H22F3N5O3.C6H4ClF/c1-10-7-12(8-23-13(10)22)24-14(27)15(28)25-5-6-26(11(2)9-25)16(29)17(3-4-17)18(19,20)21;7-5-3-1-2-4-6(5)8/h7-8,11H,3-6,9H2,1-2H3,(H2,22,23)(H,24,27);1-4H. The van der Waals surface area contributed by atoms with Crippen LogP contribution in [-0.4, -0.2) is 64.4 Å². The average molecular weight is 544 g/mol. The second-order valence-electron chi connectivity index (χ2n) is 8.97. The molecule has 0 radical (unpaired) electrons. The number of piperazine rings is 1. The van der Waals surface area contributed by atoms with E-state index in [1.54, 1.807) is 32.0 Å². The summed E-state index contributed by atoms with van der Waals surface area (Å²) in [6.07, 6.45) is -3.68. The van der Waals surface area contributed by atoms with Crippen molar-refractivity contribution in [2.45, 2.75) is 38.9 Å². The Hall–Kier alpha value is -3.41. The van der Waals surface area contributed by atoms with E-state index in [1.807, 2.05) is 0 Å². The summed E-state index contributed by atoms with van der Waals surface area (Å²) in [4.78, 5) is 43.4. The molecule has 1 saturated heterocycles. The summed E-state index contributed by atoms with van der Waals surface area (Å²) in [5.41, 5.74) is 4.26. The van der Waals surface area contributed by atoms with Gasteiger partial charge in [-0.15, -0.1) is 0 Å². The highest BCUT2D eigenvalue weighted by Crippen LogP contribution is 2.58. The first-order chi connectivity index (χ1) is 17.3. The number of amides is 3. The van der Waals surface area contributed by atoms with Crippen LogP contribution in [-0.2, 0) is 14.4 Å². The van der Waals surface area contributed by atoms with Crippen molar-refractivity contribution >= 4 is 40.8 Å². The molecule has 0 spiro atoms. The van der Waals surface area contributed by atoms with Crippen molar-refractivity contribution in [2.24, 2.45) is 5.41 Å². The zero-order chi connectivity index (χ0) is 27.5. The molecule has 2 aromatic rings. The number of halogens is 5. The number of nitrogen functional groups attached to an aromatic ring is 1. The summed E-state index contributed by atoms with van der Waals surface area (Å²) in [5.74, 6) is -2.73. The first kappa shape index (κ1) is 28.2. The fourth-order valence-electron chi connectivity index (χ4n) is 3.88. The molecule has 1 aliphatic heterocycles. The third kappa shape index (κ3) is 6.30. The van der Waals surface area contributed by atoms with Crippen LogP contribution in [0, 0.1) is 18.2 Å². The molecular formula is C24H26ClF4N5O3. The Labute approximate surface area is 215 Å². The molecule has 3 amide bonds. The Morgan fingerprint density at radius 3 is 2.32 bits per heavy atom. The number of nitrogens with zero attached hydrogens (tertiary/aromatic N) is 3. The van der Waals surface area contributed by atoms with Crippen LogP contribution in [0.1, 0.15) is 25.3 Å². The third-order valence-corrected chi connectivity index (χ3v) is 6.58. The topological polar surface area (TPSA) is 109 Å². The predicted octanol–water partition coefficient (Wildman–Crippen LogP) is 3.79. The lowest BCUT2D eigenvalue weighted by molar-refractivity contribution is -0.201. The fourth-order valence-corrected chi connectivity index (χ4v) is 4.02. The Kier molecular flexibility index (Phi) is 8.31. The SMILES string of the molecule is Cc1cc(NC(=O)C(=O)N2CCN(C(=O)C3(C(F)(F)F)CC3)C(C)C2)cnc1N.Fc1ccccc1Cl. The number of benzene rings is 1. The molecule has 3 N–H and O–H groups in total. The fraction of sp³-hybridized carbons (Fsp3) is 0.417. The maximum Gasteiger partial charge on any atom is 0.403 e. The van der Waals surface area contributed by atoms with Gasteiger partial charge in [0.15, 0.2) is 0 Å². The van der Waals surface area contributed by atoms with Crippen molar-refractivity contribution in [3.63, 3.8) is 0 Å². The average Bonchev–Trinajstić information content (AvgIpc) is 3.65. The largest absolute Gasteiger partial charge is 0.403 e. The molecule has 1 aliphatic carbocycles. The van der Waals surface area contributed by atoms with E-state index in [0.717, 1.165) is 4.90 Å². The minimum atomic E-state index is -4.58. The van der Waals surface area contributed by atoms with E-state index in [0.29, 0.717) is 17.1 Å². The van der Waals surface area contributed by atoms with Crippen molar-refractivity contribution in [3.05, 3.63) is 52.9 Å². The first-order valence-electron chi connectivity index (χ1n) is 11.4. The molecule has 1 aromatic carbocycles. The molecule has 0 bridgehead atoms. The molecule has 2 heterocycles. The number of carbonyl (C=O) groups is 3. The number of aromatic nitrogens is 1.